The Morgan fingerprint density at radius 2 is 1.41 bits per heavy atom. The SMILES string of the molecule is C=CCC1(c2ccccc2)c2ccccc2C(=O)NC1(C)c1ccccc1. The fourth-order valence-corrected chi connectivity index (χ4v) is 4.63. The van der Waals surface area contributed by atoms with E-state index in [2.05, 4.69) is 61.3 Å². The summed E-state index contributed by atoms with van der Waals surface area (Å²) in [5, 5.41) is 3.35. The third-order valence-corrected chi connectivity index (χ3v) is 5.92. The molecule has 1 aliphatic rings. The van der Waals surface area contributed by atoms with Gasteiger partial charge in [-0.25, -0.2) is 0 Å². The Bertz CT molecular complexity index is 979. The highest BCUT2D eigenvalue weighted by Gasteiger charge is 2.55. The number of rotatable bonds is 4. The predicted molar refractivity (Wildman–Crippen MR) is 110 cm³/mol. The van der Waals surface area contributed by atoms with Gasteiger partial charge >= 0.3 is 0 Å². The lowest BCUT2D eigenvalue weighted by Crippen LogP contribution is -2.62. The van der Waals surface area contributed by atoms with Gasteiger partial charge in [-0.1, -0.05) is 84.9 Å². The predicted octanol–water partition coefficient (Wildman–Crippen LogP) is 5.21. The van der Waals surface area contributed by atoms with Crippen LogP contribution in [0.15, 0.2) is 97.6 Å². The molecule has 0 saturated heterocycles. The summed E-state index contributed by atoms with van der Waals surface area (Å²) in [6.45, 7) is 6.20. The Morgan fingerprint density at radius 1 is 0.852 bits per heavy atom. The number of allylic oxidation sites excluding steroid dienone is 1. The number of hydrogen-bond acceptors (Lipinski definition) is 1. The molecule has 134 valence electrons. The summed E-state index contributed by atoms with van der Waals surface area (Å²) >= 11 is 0. The molecule has 2 nitrogen and oxygen atoms in total. The van der Waals surface area contributed by atoms with Gasteiger partial charge in [-0.05, 0) is 36.1 Å². The van der Waals surface area contributed by atoms with Crippen LogP contribution in [0, 0.1) is 0 Å². The van der Waals surface area contributed by atoms with Crippen LogP contribution in [0.1, 0.15) is 40.4 Å². The first-order chi connectivity index (χ1) is 13.1. The molecule has 0 aliphatic carbocycles. The topological polar surface area (TPSA) is 29.1 Å². The van der Waals surface area contributed by atoms with E-state index >= 15 is 0 Å². The minimum absolute atomic E-state index is 0.0347. The Kier molecular flexibility index (Phi) is 4.19. The lowest BCUT2D eigenvalue weighted by molar-refractivity contribution is 0.0815. The van der Waals surface area contributed by atoms with E-state index in [1.807, 2.05) is 48.5 Å². The molecule has 1 heterocycles. The molecule has 0 saturated carbocycles. The van der Waals surface area contributed by atoms with Gasteiger partial charge in [0.15, 0.2) is 0 Å². The minimum atomic E-state index is -0.616. The van der Waals surface area contributed by atoms with Crippen LogP contribution in [0.2, 0.25) is 0 Å². The van der Waals surface area contributed by atoms with E-state index in [0.29, 0.717) is 6.42 Å². The van der Waals surface area contributed by atoms with Crippen LogP contribution in [-0.2, 0) is 11.0 Å². The highest BCUT2D eigenvalue weighted by Crippen LogP contribution is 2.53. The van der Waals surface area contributed by atoms with Crippen LogP contribution in [0.25, 0.3) is 0 Å². The molecule has 0 aromatic heterocycles. The molecular weight excluding hydrogens is 330 g/mol. The molecule has 2 atom stereocenters. The maximum absolute atomic E-state index is 13.1. The molecule has 1 N–H and O–H groups in total. The van der Waals surface area contributed by atoms with Gasteiger partial charge in [-0.3, -0.25) is 4.79 Å². The Morgan fingerprint density at radius 3 is 2.04 bits per heavy atom. The maximum Gasteiger partial charge on any atom is 0.252 e. The number of benzene rings is 3. The van der Waals surface area contributed by atoms with Crippen LogP contribution in [0.4, 0.5) is 0 Å². The van der Waals surface area contributed by atoms with Gasteiger partial charge < -0.3 is 5.32 Å². The quantitative estimate of drug-likeness (QED) is 0.641. The third kappa shape index (κ3) is 2.44. The Hall–Kier alpha value is -3.13. The van der Waals surface area contributed by atoms with Gasteiger partial charge in [0, 0.05) is 5.56 Å². The highest BCUT2D eigenvalue weighted by molar-refractivity contribution is 5.99. The van der Waals surface area contributed by atoms with E-state index in [1.54, 1.807) is 0 Å². The van der Waals surface area contributed by atoms with Crippen molar-refractivity contribution in [2.24, 2.45) is 0 Å². The van der Waals surface area contributed by atoms with Crippen molar-refractivity contribution in [3.8, 4) is 0 Å². The van der Waals surface area contributed by atoms with Crippen molar-refractivity contribution in [1.82, 2.24) is 5.32 Å². The second-order valence-electron chi connectivity index (χ2n) is 7.25. The fourth-order valence-electron chi connectivity index (χ4n) is 4.63. The summed E-state index contributed by atoms with van der Waals surface area (Å²) in [5.41, 5.74) is 2.96. The number of hydrogen-bond donors (Lipinski definition) is 1. The largest absolute Gasteiger partial charge is 0.342 e. The molecule has 3 aromatic rings. The van der Waals surface area contributed by atoms with E-state index in [4.69, 9.17) is 0 Å². The van der Waals surface area contributed by atoms with Crippen LogP contribution < -0.4 is 5.32 Å². The zero-order chi connectivity index (χ0) is 18.9. The molecule has 1 amide bonds. The van der Waals surface area contributed by atoms with E-state index in [9.17, 15) is 4.79 Å². The molecule has 2 unspecified atom stereocenters. The molecule has 27 heavy (non-hydrogen) atoms. The van der Waals surface area contributed by atoms with E-state index in [0.717, 1.165) is 16.7 Å². The summed E-state index contributed by atoms with van der Waals surface area (Å²) in [7, 11) is 0. The number of carbonyl (C=O) groups is 1. The second kappa shape index (κ2) is 6.55. The van der Waals surface area contributed by atoms with E-state index in [-0.39, 0.29) is 5.91 Å². The number of fused-ring (bicyclic) bond motifs is 1. The molecule has 0 bridgehead atoms. The van der Waals surface area contributed by atoms with Gasteiger partial charge in [0.05, 0.1) is 11.0 Å². The normalized spacial score (nSPS) is 24.0. The molecule has 1 aliphatic heterocycles. The van der Waals surface area contributed by atoms with E-state index < -0.39 is 11.0 Å². The van der Waals surface area contributed by atoms with Gasteiger partial charge in [-0.15, -0.1) is 6.58 Å². The lowest BCUT2D eigenvalue weighted by atomic mass is 9.55. The first-order valence-corrected chi connectivity index (χ1v) is 9.27. The zero-order valence-corrected chi connectivity index (χ0v) is 15.5. The first kappa shape index (κ1) is 17.3. The summed E-state index contributed by atoms with van der Waals surface area (Å²) in [6, 6.07) is 28.6. The average molecular weight is 353 g/mol. The molecular formula is C25H23NO. The number of carbonyl (C=O) groups excluding carboxylic acids is 1. The Labute approximate surface area is 160 Å². The van der Waals surface area contributed by atoms with Crippen molar-refractivity contribution >= 4 is 5.91 Å². The second-order valence-corrected chi connectivity index (χ2v) is 7.25. The third-order valence-electron chi connectivity index (χ3n) is 5.92. The molecule has 0 radical (unpaired) electrons. The molecule has 4 rings (SSSR count). The van der Waals surface area contributed by atoms with Crippen molar-refractivity contribution < 1.29 is 4.79 Å². The van der Waals surface area contributed by atoms with Crippen LogP contribution in [-0.4, -0.2) is 5.91 Å². The zero-order valence-electron chi connectivity index (χ0n) is 15.5. The van der Waals surface area contributed by atoms with Gasteiger partial charge in [-0.2, -0.15) is 0 Å². The minimum Gasteiger partial charge on any atom is -0.342 e. The molecule has 3 aromatic carbocycles. The fraction of sp³-hybridized carbons (Fsp3) is 0.160. The maximum atomic E-state index is 13.1. The monoisotopic (exact) mass is 353 g/mol. The van der Waals surface area contributed by atoms with Gasteiger partial charge in [0.1, 0.15) is 0 Å². The van der Waals surface area contributed by atoms with Crippen molar-refractivity contribution in [2.75, 3.05) is 0 Å². The van der Waals surface area contributed by atoms with Crippen molar-refractivity contribution in [3.63, 3.8) is 0 Å². The summed E-state index contributed by atoms with van der Waals surface area (Å²) in [4.78, 5) is 13.1. The highest BCUT2D eigenvalue weighted by atomic mass is 16.1. The van der Waals surface area contributed by atoms with E-state index in [1.165, 1.54) is 5.56 Å². The molecule has 2 heteroatoms. The Balaban J connectivity index is 2.12. The van der Waals surface area contributed by atoms with Crippen molar-refractivity contribution in [3.05, 3.63) is 120 Å². The van der Waals surface area contributed by atoms with Crippen LogP contribution >= 0.6 is 0 Å². The van der Waals surface area contributed by atoms with Crippen molar-refractivity contribution in [1.29, 1.82) is 0 Å². The van der Waals surface area contributed by atoms with Gasteiger partial charge in [0.25, 0.3) is 5.91 Å². The van der Waals surface area contributed by atoms with Crippen LogP contribution in [0.3, 0.4) is 0 Å². The van der Waals surface area contributed by atoms with Crippen LogP contribution in [0.5, 0.6) is 0 Å². The standard InChI is InChI=1S/C25H23NO/c1-3-18-25(20-14-8-5-9-15-20)22-17-11-10-16-21(22)23(27)26-24(25,2)19-12-6-4-7-13-19/h3-17H,1,18H2,2H3,(H,26,27). The number of amides is 1. The first-order valence-electron chi connectivity index (χ1n) is 9.27. The smallest absolute Gasteiger partial charge is 0.252 e. The number of nitrogens with one attached hydrogen (secondary N) is 1. The molecule has 0 spiro atoms. The van der Waals surface area contributed by atoms with Gasteiger partial charge in [0.2, 0.25) is 0 Å². The summed E-state index contributed by atoms with van der Waals surface area (Å²) in [6.07, 6.45) is 2.67. The average Bonchev–Trinajstić information content (AvgIpc) is 2.72. The summed E-state index contributed by atoms with van der Waals surface area (Å²) < 4.78 is 0. The van der Waals surface area contributed by atoms with Crippen molar-refractivity contribution in [2.45, 2.75) is 24.3 Å². The summed E-state index contributed by atoms with van der Waals surface area (Å²) in [5.74, 6) is -0.0347. The molecule has 0 fully saturated rings. The lowest BCUT2D eigenvalue weighted by Gasteiger charge is -2.53.